The summed E-state index contributed by atoms with van der Waals surface area (Å²) in [6, 6.07) is 9.32. The Labute approximate surface area is 202 Å². The number of fused-ring (bicyclic) bond motifs is 2. The molecule has 0 bridgehead atoms. The van der Waals surface area contributed by atoms with E-state index >= 15 is 0 Å². The number of rotatable bonds is 5. The molecule has 3 aromatic heterocycles. The molecule has 0 unspecified atom stereocenters. The maximum absolute atomic E-state index is 14.5. The minimum absolute atomic E-state index is 0.0150. The van der Waals surface area contributed by atoms with Gasteiger partial charge < -0.3 is 15.3 Å². The first-order valence-electron chi connectivity index (χ1n) is 10.6. The van der Waals surface area contributed by atoms with Gasteiger partial charge in [-0.05, 0) is 48.4 Å². The van der Waals surface area contributed by atoms with Crippen LogP contribution in [0.1, 0.15) is 40.1 Å². The van der Waals surface area contributed by atoms with Crippen LogP contribution >= 0.6 is 11.6 Å². The molecule has 1 atom stereocenters. The van der Waals surface area contributed by atoms with Gasteiger partial charge in [0.25, 0.3) is 5.56 Å². The molecule has 11 heteroatoms. The number of anilines is 2. The van der Waals surface area contributed by atoms with Crippen molar-refractivity contribution in [2.45, 2.75) is 26.1 Å². The number of hydrogen-bond acceptors (Lipinski definition) is 6. The molecule has 1 aliphatic rings. The number of pyridine rings is 2. The highest BCUT2D eigenvalue weighted by Gasteiger charge is 2.23. The van der Waals surface area contributed by atoms with E-state index in [0.717, 1.165) is 21.7 Å². The lowest BCUT2D eigenvalue weighted by molar-refractivity contribution is 0.0691. The van der Waals surface area contributed by atoms with Crippen molar-refractivity contribution in [1.82, 2.24) is 14.4 Å². The third-order valence-electron chi connectivity index (χ3n) is 5.86. The smallest absolute Gasteiger partial charge is 0.356 e. The van der Waals surface area contributed by atoms with Crippen LogP contribution < -0.4 is 15.8 Å². The molecule has 35 heavy (non-hydrogen) atoms. The second kappa shape index (κ2) is 8.62. The number of benzene rings is 1. The number of hydrogen-bond donors (Lipinski definition) is 2. The van der Waals surface area contributed by atoms with Crippen molar-refractivity contribution in [2.24, 2.45) is 0 Å². The topological polar surface area (TPSA) is 99.8 Å². The summed E-state index contributed by atoms with van der Waals surface area (Å²) in [5, 5.41) is 12.5. The molecule has 0 fully saturated rings. The van der Waals surface area contributed by atoms with Crippen LogP contribution in [-0.4, -0.2) is 25.4 Å². The van der Waals surface area contributed by atoms with Gasteiger partial charge in [-0.25, -0.2) is 23.5 Å². The number of halogens is 3. The second-order valence-electron chi connectivity index (χ2n) is 8.23. The Morgan fingerprint density at radius 2 is 1.86 bits per heavy atom. The molecule has 0 radical (unpaired) electrons. The van der Waals surface area contributed by atoms with Crippen LogP contribution in [0.4, 0.5) is 20.3 Å². The summed E-state index contributed by atoms with van der Waals surface area (Å²) >= 11 is 5.83. The molecule has 0 spiro atoms. The Balaban J connectivity index is 1.56. The molecule has 178 valence electrons. The third kappa shape index (κ3) is 4.28. The van der Waals surface area contributed by atoms with Gasteiger partial charge in [-0.15, -0.1) is 0 Å². The zero-order valence-electron chi connectivity index (χ0n) is 18.3. The molecule has 0 saturated heterocycles. The maximum Gasteiger partial charge on any atom is 0.356 e. The fourth-order valence-corrected chi connectivity index (χ4v) is 4.36. The number of nitrogens with one attached hydrogen (secondary N) is 1. The lowest BCUT2D eigenvalue weighted by Crippen LogP contribution is -2.24. The average Bonchev–Trinajstić information content (AvgIpc) is 3.23. The summed E-state index contributed by atoms with van der Waals surface area (Å²) in [7, 11) is 0. The first-order chi connectivity index (χ1) is 16.7. The number of carboxylic acid groups (broad SMARTS) is 1. The van der Waals surface area contributed by atoms with Crippen LogP contribution in [0.2, 0.25) is 5.15 Å². The van der Waals surface area contributed by atoms with Gasteiger partial charge in [-0.2, -0.15) is 0 Å². The van der Waals surface area contributed by atoms with Crippen LogP contribution in [0.3, 0.4) is 0 Å². The summed E-state index contributed by atoms with van der Waals surface area (Å²) in [5.41, 5.74) is 1.66. The Morgan fingerprint density at radius 3 is 2.63 bits per heavy atom. The van der Waals surface area contributed by atoms with Crippen molar-refractivity contribution in [3.05, 3.63) is 98.2 Å². The van der Waals surface area contributed by atoms with Gasteiger partial charge in [0.05, 0.1) is 11.7 Å². The van der Waals surface area contributed by atoms with Gasteiger partial charge in [0.1, 0.15) is 28.3 Å². The molecule has 1 aromatic carbocycles. The van der Waals surface area contributed by atoms with Gasteiger partial charge in [-0.1, -0.05) is 17.7 Å². The van der Waals surface area contributed by atoms with E-state index < -0.39 is 23.4 Å². The molecule has 0 saturated carbocycles. The third-order valence-corrected chi connectivity index (χ3v) is 6.07. The van der Waals surface area contributed by atoms with Crippen molar-refractivity contribution < 1.29 is 18.7 Å². The van der Waals surface area contributed by atoms with Crippen molar-refractivity contribution in [2.75, 3.05) is 10.2 Å². The van der Waals surface area contributed by atoms with Crippen LogP contribution in [0.25, 0.3) is 5.65 Å². The summed E-state index contributed by atoms with van der Waals surface area (Å²) in [6.07, 6.45) is 1.05. The Hall–Kier alpha value is -4.05. The monoisotopic (exact) mass is 497 g/mol. The number of carbonyl (C=O) groups is 1. The largest absolute Gasteiger partial charge is 0.476 e. The summed E-state index contributed by atoms with van der Waals surface area (Å²) in [5.74, 6) is -1.92. The van der Waals surface area contributed by atoms with E-state index in [1.807, 2.05) is 4.90 Å². The second-order valence-corrected chi connectivity index (χ2v) is 8.62. The molecule has 2 N–H and O–H groups in total. The number of aromatic nitrogens is 3. The van der Waals surface area contributed by atoms with Gasteiger partial charge in [-0.3, -0.25) is 9.20 Å². The molecule has 4 aromatic rings. The Bertz CT molecular complexity index is 1560. The standard InChI is InChI=1S/C24H18ClF2N5O3/c1-12(28-18-4-5-19(25)29-22(18)24(34)35)17-7-16(27)11-32-21(33)8-20(30-23(17)32)31-9-13-2-3-15(26)6-14(13)10-31/h2-8,11-12,28H,9-10H2,1H3,(H,34,35)/t12-/m1/s1. The van der Waals surface area contributed by atoms with Crippen molar-refractivity contribution >= 4 is 34.7 Å². The lowest BCUT2D eigenvalue weighted by atomic mass is 10.1. The predicted molar refractivity (Wildman–Crippen MR) is 126 cm³/mol. The summed E-state index contributed by atoms with van der Waals surface area (Å²) in [4.78, 5) is 34.8. The zero-order valence-corrected chi connectivity index (χ0v) is 19.1. The Morgan fingerprint density at radius 1 is 1.09 bits per heavy atom. The molecular formula is C24H18ClF2N5O3. The van der Waals surface area contributed by atoms with Gasteiger partial charge in [0.15, 0.2) is 5.69 Å². The van der Waals surface area contributed by atoms with Crippen molar-refractivity contribution in [1.29, 1.82) is 0 Å². The van der Waals surface area contributed by atoms with Crippen molar-refractivity contribution in [3.63, 3.8) is 0 Å². The molecular weight excluding hydrogens is 480 g/mol. The van der Waals surface area contributed by atoms with E-state index in [0.29, 0.717) is 24.5 Å². The van der Waals surface area contributed by atoms with E-state index in [9.17, 15) is 23.5 Å². The molecule has 5 rings (SSSR count). The SMILES string of the molecule is C[C@@H](Nc1ccc(Cl)nc1C(=O)O)c1cc(F)cn2c(=O)cc(N3Cc4ccc(F)cc4C3)nc12. The summed E-state index contributed by atoms with van der Waals surface area (Å²) < 4.78 is 29.2. The number of aromatic carboxylic acids is 1. The first kappa shape index (κ1) is 22.7. The van der Waals surface area contributed by atoms with E-state index in [4.69, 9.17) is 11.6 Å². The highest BCUT2D eigenvalue weighted by molar-refractivity contribution is 6.29. The predicted octanol–water partition coefficient (Wildman–Crippen LogP) is 4.41. The van der Waals surface area contributed by atoms with Crippen LogP contribution in [0.15, 0.2) is 53.5 Å². The van der Waals surface area contributed by atoms with Crippen molar-refractivity contribution in [3.8, 4) is 0 Å². The molecule has 0 amide bonds. The van der Waals surface area contributed by atoms with Gasteiger partial charge >= 0.3 is 5.97 Å². The molecule has 8 nitrogen and oxygen atoms in total. The van der Waals surface area contributed by atoms with E-state index in [1.165, 1.54) is 36.4 Å². The summed E-state index contributed by atoms with van der Waals surface area (Å²) in [6.45, 7) is 2.50. The lowest BCUT2D eigenvalue weighted by Gasteiger charge is -2.21. The normalized spacial score (nSPS) is 13.7. The highest BCUT2D eigenvalue weighted by Crippen LogP contribution is 2.30. The van der Waals surface area contributed by atoms with E-state index in [2.05, 4.69) is 15.3 Å². The first-order valence-corrected chi connectivity index (χ1v) is 11.0. The Kier molecular flexibility index (Phi) is 5.60. The maximum atomic E-state index is 14.5. The zero-order chi connectivity index (χ0) is 24.9. The van der Waals surface area contributed by atoms with Crippen LogP contribution in [-0.2, 0) is 13.1 Å². The number of nitrogens with zero attached hydrogens (tertiary/aromatic N) is 4. The fourth-order valence-electron chi connectivity index (χ4n) is 4.21. The molecule has 4 heterocycles. The fraction of sp³-hybridized carbons (Fsp3) is 0.167. The molecule has 0 aliphatic carbocycles. The highest BCUT2D eigenvalue weighted by atomic mass is 35.5. The van der Waals surface area contributed by atoms with Gasteiger partial charge in [0, 0.05) is 30.9 Å². The van der Waals surface area contributed by atoms with Gasteiger partial charge in [0.2, 0.25) is 0 Å². The quantitative estimate of drug-likeness (QED) is 0.394. The minimum Gasteiger partial charge on any atom is -0.476 e. The van der Waals surface area contributed by atoms with Crippen LogP contribution in [0, 0.1) is 11.6 Å². The van der Waals surface area contributed by atoms with E-state index in [1.54, 1.807) is 13.0 Å². The van der Waals surface area contributed by atoms with E-state index in [-0.39, 0.29) is 28.0 Å². The van der Waals surface area contributed by atoms with Crippen LogP contribution in [0.5, 0.6) is 0 Å². The average molecular weight is 498 g/mol. The number of carboxylic acids is 1. The molecule has 1 aliphatic heterocycles. The minimum atomic E-state index is -1.28.